The number of halogens is 3. The maximum Gasteiger partial charge on any atom is 0.287 e. The first-order chi connectivity index (χ1) is 13.1. The minimum absolute atomic E-state index is 0.0106. The van der Waals surface area contributed by atoms with Gasteiger partial charge < -0.3 is 15.4 Å². The molecule has 148 valence electrons. The Bertz CT molecular complexity index is 1040. The number of nitro groups is 1. The van der Waals surface area contributed by atoms with Crippen molar-refractivity contribution < 1.29 is 13.8 Å². The molecule has 0 saturated carbocycles. The Morgan fingerprint density at radius 1 is 1.46 bits per heavy atom. The zero-order chi connectivity index (χ0) is 20.5. The lowest BCUT2D eigenvalue weighted by Gasteiger charge is -2.24. The summed E-state index contributed by atoms with van der Waals surface area (Å²) in [5.41, 5.74) is 7.04. The summed E-state index contributed by atoms with van der Waals surface area (Å²) in [5, 5.41) is 23.6. The fourth-order valence-electron chi connectivity index (χ4n) is 2.19. The van der Waals surface area contributed by atoms with Gasteiger partial charge in [-0.2, -0.15) is 0 Å². The largest absolute Gasteiger partial charge is 0.508 e. The van der Waals surface area contributed by atoms with Crippen LogP contribution < -0.4 is 11.1 Å². The highest BCUT2D eigenvalue weighted by atomic mass is 79.9. The van der Waals surface area contributed by atoms with E-state index in [0.29, 0.717) is 11.2 Å². The summed E-state index contributed by atoms with van der Waals surface area (Å²) in [6, 6.07) is 6.17. The monoisotopic (exact) mass is 509 g/mol. The molecule has 28 heavy (non-hydrogen) atoms. The first kappa shape index (κ1) is 20.9. The van der Waals surface area contributed by atoms with Crippen molar-refractivity contribution in [2.75, 3.05) is 5.32 Å². The summed E-state index contributed by atoms with van der Waals surface area (Å²) in [5.74, 6) is -0.115. The van der Waals surface area contributed by atoms with Gasteiger partial charge in [0.25, 0.3) is 15.3 Å². The summed E-state index contributed by atoms with van der Waals surface area (Å²) in [6.07, 6.45) is 1.34. The number of nitrogens with one attached hydrogen (secondary N) is 2. The molecule has 0 amide bonds. The number of thioether (sulfide) groups is 1. The fourth-order valence-corrected chi connectivity index (χ4v) is 5.37. The van der Waals surface area contributed by atoms with Crippen molar-refractivity contribution in [1.82, 2.24) is 19.9 Å². The number of nitrogens with zero attached hydrogens (tertiary/aromatic N) is 4. The number of imidazole rings is 1. The minimum Gasteiger partial charge on any atom is -0.508 e. The first-order valence-electron chi connectivity index (χ1n) is 7.23. The maximum absolute atomic E-state index is 14.0. The van der Waals surface area contributed by atoms with Gasteiger partial charge in [-0.05, 0) is 39.8 Å². The molecule has 0 aliphatic rings. The molecule has 2 unspecified atom stereocenters. The SMILES string of the molecule is NC(S[N+](=O)[O-])(SC(F)(Cl)Br)c1nc(Nc2cccc(O)c2)c2[nH]cnc2n1. The van der Waals surface area contributed by atoms with Gasteiger partial charge in [-0.3, -0.25) is 15.8 Å². The van der Waals surface area contributed by atoms with Crippen molar-refractivity contribution in [3.8, 4) is 5.75 Å². The standard InChI is InChI=1S/C13H10BrClFN7O3S2/c14-13(15,16)27-12(17,28-23(25)26)11-21-9-8(18-5-19-9)10(22-11)20-6-2-1-3-7(24)4-6/h1-5,24H,17H2,(H2,18,19,20,21,22). The third kappa shape index (κ3) is 4.94. The second-order valence-electron chi connectivity index (χ2n) is 5.20. The highest BCUT2D eigenvalue weighted by molar-refractivity contribution is 9.12. The average molecular weight is 511 g/mol. The van der Waals surface area contributed by atoms with E-state index in [1.54, 1.807) is 12.1 Å². The predicted molar refractivity (Wildman–Crippen MR) is 110 cm³/mol. The van der Waals surface area contributed by atoms with Gasteiger partial charge >= 0.3 is 0 Å². The zero-order valence-corrected chi connectivity index (χ0v) is 17.4. The number of aromatic nitrogens is 4. The molecule has 0 radical (unpaired) electrons. The van der Waals surface area contributed by atoms with Gasteiger partial charge in [0.15, 0.2) is 17.3 Å². The molecular weight excluding hydrogens is 501 g/mol. The molecule has 5 N–H and O–H groups in total. The molecule has 0 aliphatic carbocycles. The molecule has 15 heteroatoms. The normalized spacial score (nSPS) is 15.7. The van der Waals surface area contributed by atoms with E-state index in [4.69, 9.17) is 17.3 Å². The third-order valence-corrected chi connectivity index (χ3v) is 5.69. The molecule has 2 aromatic heterocycles. The van der Waals surface area contributed by atoms with Crippen molar-refractivity contribution in [3.05, 3.63) is 46.5 Å². The van der Waals surface area contributed by atoms with Gasteiger partial charge in [0.1, 0.15) is 15.6 Å². The molecule has 0 fully saturated rings. The number of rotatable bonds is 7. The summed E-state index contributed by atoms with van der Waals surface area (Å²) in [7, 11) is 0. The molecule has 0 aliphatic heterocycles. The van der Waals surface area contributed by atoms with Crippen molar-refractivity contribution in [2.24, 2.45) is 5.73 Å². The Balaban J connectivity index is 2.11. The third-order valence-electron chi connectivity index (χ3n) is 3.18. The number of fused-ring (bicyclic) bond motifs is 1. The highest BCUT2D eigenvalue weighted by Gasteiger charge is 2.48. The summed E-state index contributed by atoms with van der Waals surface area (Å²) >= 11 is 8.25. The molecule has 10 nitrogen and oxygen atoms in total. The quantitative estimate of drug-likeness (QED) is 0.121. The lowest BCUT2D eigenvalue weighted by Crippen LogP contribution is -2.35. The van der Waals surface area contributed by atoms with E-state index >= 15 is 0 Å². The van der Waals surface area contributed by atoms with E-state index in [1.807, 2.05) is 0 Å². The Kier molecular flexibility index (Phi) is 5.86. The number of aromatic hydroxyl groups is 1. The van der Waals surface area contributed by atoms with Gasteiger partial charge in [0.05, 0.1) is 6.33 Å². The number of aromatic amines is 1. The number of benzene rings is 1. The number of hydrogen-bond donors (Lipinski definition) is 4. The number of anilines is 2. The maximum atomic E-state index is 14.0. The summed E-state index contributed by atoms with van der Waals surface area (Å²) < 4.78 is 8.48. The lowest BCUT2D eigenvalue weighted by molar-refractivity contribution is -0.285. The molecule has 3 rings (SSSR count). The van der Waals surface area contributed by atoms with Crippen LogP contribution in [0.15, 0.2) is 30.6 Å². The summed E-state index contributed by atoms with van der Waals surface area (Å²) in [4.78, 5) is 26.2. The summed E-state index contributed by atoms with van der Waals surface area (Å²) in [6.45, 7) is 0. The average Bonchev–Trinajstić information content (AvgIpc) is 3.01. The second kappa shape index (κ2) is 7.87. The van der Waals surface area contributed by atoms with Crippen LogP contribution >= 0.6 is 51.2 Å². The minimum atomic E-state index is -2.60. The molecule has 0 saturated heterocycles. The lowest BCUT2D eigenvalue weighted by atomic mass is 10.3. The van der Waals surface area contributed by atoms with Gasteiger partial charge in [-0.15, -0.1) is 0 Å². The van der Waals surface area contributed by atoms with Crippen molar-refractivity contribution in [1.29, 1.82) is 0 Å². The van der Waals surface area contributed by atoms with Gasteiger partial charge in [-0.25, -0.2) is 19.3 Å². The van der Waals surface area contributed by atoms with E-state index in [0.717, 1.165) is 0 Å². The van der Waals surface area contributed by atoms with Crippen LogP contribution in [-0.4, -0.2) is 32.7 Å². The molecule has 0 bridgehead atoms. The van der Waals surface area contributed by atoms with Crippen LogP contribution in [0.25, 0.3) is 11.2 Å². The Hall–Kier alpha value is -1.87. The Morgan fingerprint density at radius 2 is 2.21 bits per heavy atom. The second-order valence-corrected chi connectivity index (χ2v) is 10.8. The smallest absolute Gasteiger partial charge is 0.287 e. The highest BCUT2D eigenvalue weighted by Crippen LogP contribution is 2.52. The van der Waals surface area contributed by atoms with E-state index in [-0.39, 0.29) is 46.7 Å². The van der Waals surface area contributed by atoms with Gasteiger partial charge in [-0.1, -0.05) is 17.7 Å². The van der Waals surface area contributed by atoms with Crippen LogP contribution in [0, 0.1) is 10.1 Å². The number of nitrogens with two attached hydrogens (primary N) is 1. The molecule has 3 aromatic rings. The van der Waals surface area contributed by atoms with Gasteiger partial charge in [0.2, 0.25) is 4.20 Å². The molecular formula is C13H10BrClFN7O3S2. The molecule has 2 atom stereocenters. The van der Waals surface area contributed by atoms with Crippen LogP contribution in [-0.2, 0) is 4.20 Å². The molecule has 0 spiro atoms. The first-order valence-corrected chi connectivity index (χ1v) is 9.99. The van der Waals surface area contributed by atoms with Crippen LogP contribution in [0.2, 0.25) is 0 Å². The Labute approximate surface area is 178 Å². The number of phenolic OH excluding ortho intramolecular Hbond substituents is 1. The van der Waals surface area contributed by atoms with Crippen LogP contribution in [0.4, 0.5) is 15.9 Å². The van der Waals surface area contributed by atoms with Crippen LogP contribution in [0.3, 0.4) is 0 Å². The van der Waals surface area contributed by atoms with Crippen molar-refractivity contribution >= 4 is 73.9 Å². The van der Waals surface area contributed by atoms with Crippen LogP contribution in [0.1, 0.15) is 5.82 Å². The van der Waals surface area contributed by atoms with Crippen LogP contribution in [0.5, 0.6) is 5.75 Å². The van der Waals surface area contributed by atoms with Gasteiger partial charge in [0, 0.05) is 11.8 Å². The number of alkyl halides is 3. The van der Waals surface area contributed by atoms with E-state index in [9.17, 15) is 19.6 Å². The number of phenols is 1. The number of H-pyrrole nitrogens is 1. The van der Waals surface area contributed by atoms with E-state index < -0.39 is 11.9 Å². The molecule has 1 aromatic carbocycles. The van der Waals surface area contributed by atoms with E-state index in [1.165, 1.54) is 18.5 Å². The van der Waals surface area contributed by atoms with E-state index in [2.05, 4.69) is 41.2 Å². The topological polar surface area (TPSA) is 156 Å². The van der Waals surface area contributed by atoms with Crippen molar-refractivity contribution in [2.45, 2.75) is 7.57 Å². The Morgan fingerprint density at radius 3 is 2.86 bits per heavy atom. The fraction of sp³-hybridized carbons (Fsp3) is 0.154. The zero-order valence-electron chi connectivity index (χ0n) is 13.5. The predicted octanol–water partition coefficient (Wildman–Crippen LogP) is 3.74. The van der Waals surface area contributed by atoms with Crippen molar-refractivity contribution in [3.63, 3.8) is 0 Å². The number of hydrogen-bond acceptors (Lipinski definition) is 10. The molecule has 2 heterocycles.